The average molecular weight is 457 g/mol. The van der Waals surface area contributed by atoms with Gasteiger partial charge in [-0.1, -0.05) is 6.92 Å². The molecule has 0 fully saturated rings. The van der Waals surface area contributed by atoms with Gasteiger partial charge in [-0.15, -0.1) is 0 Å². The summed E-state index contributed by atoms with van der Waals surface area (Å²) in [6.45, 7) is 11.2. The second kappa shape index (κ2) is 25.0. The Balaban J connectivity index is -0.000000384. The summed E-state index contributed by atoms with van der Waals surface area (Å²) in [5.74, 6) is -1.74. The van der Waals surface area contributed by atoms with Crippen molar-refractivity contribution in [2.24, 2.45) is 0 Å². The van der Waals surface area contributed by atoms with E-state index in [4.69, 9.17) is 39.7 Å². The maximum absolute atomic E-state index is 9.90. The van der Waals surface area contributed by atoms with Crippen molar-refractivity contribution in [3.63, 3.8) is 0 Å². The molecule has 10 heteroatoms. The van der Waals surface area contributed by atoms with E-state index >= 15 is 0 Å². The average Bonchev–Trinajstić information content (AvgIpc) is 2.68. The molecule has 4 atom stereocenters. The van der Waals surface area contributed by atoms with Crippen LogP contribution >= 0.6 is 0 Å². The Hall–Kier alpha value is -1.30. The lowest BCUT2D eigenvalue weighted by Gasteiger charge is -2.14. The van der Waals surface area contributed by atoms with Crippen molar-refractivity contribution >= 4 is 11.9 Å². The highest BCUT2D eigenvalue weighted by Gasteiger charge is 2.03. The molecule has 0 aliphatic rings. The lowest BCUT2D eigenvalue weighted by molar-refractivity contribution is -0.139. The summed E-state index contributed by atoms with van der Waals surface area (Å²) in [7, 11) is 0. The first-order chi connectivity index (χ1) is 14.5. The fourth-order valence-corrected chi connectivity index (χ4v) is 1.65. The zero-order valence-corrected chi connectivity index (χ0v) is 19.7. The maximum Gasteiger partial charge on any atom is 0.303 e. The van der Waals surface area contributed by atoms with E-state index in [2.05, 4.69) is 6.92 Å². The molecule has 5 N–H and O–H groups in total. The molecule has 0 aromatic rings. The lowest BCUT2D eigenvalue weighted by Crippen LogP contribution is -2.21. The van der Waals surface area contributed by atoms with E-state index in [0.29, 0.717) is 32.7 Å². The first-order valence-corrected chi connectivity index (χ1v) is 10.7. The van der Waals surface area contributed by atoms with Gasteiger partial charge in [-0.25, -0.2) is 0 Å². The Morgan fingerprint density at radius 1 is 0.774 bits per heavy atom. The van der Waals surface area contributed by atoms with Crippen LogP contribution in [0.3, 0.4) is 0 Å². The Kier molecular flexibility index (Phi) is 27.6. The molecule has 0 aromatic heterocycles. The van der Waals surface area contributed by atoms with Crippen LogP contribution < -0.4 is 0 Å². The third-order valence-corrected chi connectivity index (χ3v) is 3.23. The lowest BCUT2D eigenvalue weighted by atomic mass is 10.2. The van der Waals surface area contributed by atoms with Crippen molar-refractivity contribution in [3.05, 3.63) is 0 Å². The second-order valence-electron chi connectivity index (χ2n) is 7.24. The molecule has 0 aromatic carbocycles. The number of aliphatic carboxylic acids is 2. The van der Waals surface area contributed by atoms with Gasteiger partial charge >= 0.3 is 11.9 Å². The Morgan fingerprint density at radius 3 is 1.52 bits per heavy atom. The highest BCUT2D eigenvalue weighted by molar-refractivity contribution is 5.67. The van der Waals surface area contributed by atoms with Crippen LogP contribution in [0.5, 0.6) is 0 Å². The predicted molar refractivity (Wildman–Crippen MR) is 116 cm³/mol. The van der Waals surface area contributed by atoms with Crippen molar-refractivity contribution < 1.29 is 49.3 Å². The molecule has 0 amide bonds. The standard InChI is InChI=1S/C9H20O3.C6H10O4.C6H14O3/c1-4-5-11-7-9(3)12-6-8(2)10;7-5(8)3-1-2-4-6(9)10;1-5(8)4-9-6(2)3-7/h8-10H,4-7H2,1-3H3;1-4H2,(H,7,8)(H,9,10);5-8H,3-4H2,1-2H3. The highest BCUT2D eigenvalue weighted by Crippen LogP contribution is 1.98. The van der Waals surface area contributed by atoms with Gasteiger partial charge in [0.05, 0.1) is 50.8 Å². The summed E-state index contributed by atoms with van der Waals surface area (Å²) in [6, 6.07) is 0. The highest BCUT2D eigenvalue weighted by atomic mass is 16.5. The minimum atomic E-state index is -0.870. The van der Waals surface area contributed by atoms with Gasteiger partial charge in [0, 0.05) is 19.4 Å². The van der Waals surface area contributed by atoms with Crippen LogP contribution in [0.25, 0.3) is 0 Å². The van der Waals surface area contributed by atoms with E-state index in [-0.39, 0.29) is 31.7 Å². The van der Waals surface area contributed by atoms with Crippen molar-refractivity contribution in [2.75, 3.05) is 33.0 Å². The predicted octanol–water partition coefficient (Wildman–Crippen LogP) is 1.68. The van der Waals surface area contributed by atoms with Crippen molar-refractivity contribution in [2.45, 2.75) is 91.1 Å². The zero-order chi connectivity index (χ0) is 24.7. The van der Waals surface area contributed by atoms with Gasteiger partial charge in [0.1, 0.15) is 0 Å². The Labute approximate surface area is 186 Å². The molecule has 4 unspecified atom stereocenters. The number of aliphatic hydroxyl groups is 3. The topological polar surface area (TPSA) is 163 Å². The fourth-order valence-electron chi connectivity index (χ4n) is 1.65. The number of carboxylic acids is 2. The first kappa shape index (κ1) is 34.3. The van der Waals surface area contributed by atoms with Crippen LogP contribution in [-0.2, 0) is 23.8 Å². The van der Waals surface area contributed by atoms with E-state index in [1.807, 2.05) is 6.92 Å². The van der Waals surface area contributed by atoms with Crippen LogP contribution in [-0.4, -0.2) is 94.9 Å². The summed E-state index contributed by atoms with van der Waals surface area (Å²) in [5.41, 5.74) is 0. The molecule has 0 aliphatic heterocycles. The minimum Gasteiger partial charge on any atom is -0.481 e. The van der Waals surface area contributed by atoms with Crippen LogP contribution in [0.15, 0.2) is 0 Å². The maximum atomic E-state index is 9.90. The molecule has 0 radical (unpaired) electrons. The van der Waals surface area contributed by atoms with Gasteiger partial charge in [0.25, 0.3) is 0 Å². The Bertz CT molecular complexity index is 386. The van der Waals surface area contributed by atoms with E-state index in [0.717, 1.165) is 13.0 Å². The summed E-state index contributed by atoms with van der Waals surface area (Å²) in [4.78, 5) is 19.8. The molecule has 0 spiro atoms. The van der Waals surface area contributed by atoms with E-state index in [9.17, 15) is 9.59 Å². The summed E-state index contributed by atoms with van der Waals surface area (Å²) in [6.07, 6.45) is 1.12. The molecule has 0 rings (SSSR count). The van der Waals surface area contributed by atoms with Crippen LogP contribution in [0.2, 0.25) is 0 Å². The zero-order valence-electron chi connectivity index (χ0n) is 19.7. The molecular formula is C21H44O10. The fraction of sp³-hybridized carbons (Fsp3) is 0.905. The molecule has 0 bridgehead atoms. The number of rotatable bonds is 16. The van der Waals surface area contributed by atoms with Gasteiger partial charge in [-0.2, -0.15) is 0 Å². The minimum absolute atomic E-state index is 0.00667. The normalized spacial score (nSPS) is 14.2. The molecule has 0 aliphatic carbocycles. The summed E-state index contributed by atoms with van der Waals surface area (Å²) in [5, 5.41) is 42.3. The van der Waals surface area contributed by atoms with Crippen molar-refractivity contribution in [1.82, 2.24) is 0 Å². The smallest absolute Gasteiger partial charge is 0.303 e. The summed E-state index contributed by atoms with van der Waals surface area (Å²) >= 11 is 0. The summed E-state index contributed by atoms with van der Waals surface area (Å²) < 4.78 is 15.5. The molecular weight excluding hydrogens is 412 g/mol. The third-order valence-electron chi connectivity index (χ3n) is 3.23. The van der Waals surface area contributed by atoms with E-state index < -0.39 is 24.1 Å². The monoisotopic (exact) mass is 456 g/mol. The number of carboxylic acid groups (broad SMARTS) is 2. The van der Waals surface area contributed by atoms with Crippen LogP contribution in [0, 0.1) is 0 Å². The van der Waals surface area contributed by atoms with Crippen molar-refractivity contribution in [3.8, 4) is 0 Å². The van der Waals surface area contributed by atoms with E-state index in [1.165, 1.54) is 0 Å². The number of ether oxygens (including phenoxy) is 3. The van der Waals surface area contributed by atoms with Crippen molar-refractivity contribution in [1.29, 1.82) is 0 Å². The van der Waals surface area contributed by atoms with Gasteiger partial charge < -0.3 is 39.7 Å². The number of hydrogen-bond donors (Lipinski definition) is 5. The molecule has 31 heavy (non-hydrogen) atoms. The van der Waals surface area contributed by atoms with Crippen LogP contribution in [0.4, 0.5) is 0 Å². The quantitative estimate of drug-likeness (QED) is 0.216. The SMILES string of the molecule is CC(O)COC(C)CO.CCCOCC(C)OCC(C)O.O=C(O)CCCCC(=O)O. The van der Waals surface area contributed by atoms with E-state index in [1.54, 1.807) is 20.8 Å². The van der Waals surface area contributed by atoms with Crippen LogP contribution in [0.1, 0.15) is 66.7 Å². The number of hydrogen-bond acceptors (Lipinski definition) is 8. The molecule has 0 heterocycles. The molecule has 0 saturated carbocycles. The van der Waals surface area contributed by atoms with Gasteiger partial charge in [0.15, 0.2) is 0 Å². The second-order valence-corrected chi connectivity index (χ2v) is 7.24. The number of unbranched alkanes of at least 4 members (excludes halogenated alkanes) is 1. The number of carbonyl (C=O) groups is 2. The third kappa shape index (κ3) is 39.7. The molecule has 10 nitrogen and oxygen atoms in total. The molecule has 0 saturated heterocycles. The largest absolute Gasteiger partial charge is 0.481 e. The van der Waals surface area contributed by atoms with Gasteiger partial charge in [-0.3, -0.25) is 9.59 Å². The number of aliphatic hydroxyl groups excluding tert-OH is 3. The van der Waals surface area contributed by atoms with Gasteiger partial charge in [0.2, 0.25) is 0 Å². The first-order valence-electron chi connectivity index (χ1n) is 10.7. The molecule has 188 valence electrons. The Morgan fingerprint density at radius 2 is 1.19 bits per heavy atom. The van der Waals surface area contributed by atoms with Gasteiger partial charge in [-0.05, 0) is 47.0 Å².